The van der Waals surface area contributed by atoms with E-state index in [1.165, 1.54) is 0 Å². The number of hydrogen-bond donors (Lipinski definition) is 0. The van der Waals surface area contributed by atoms with Crippen molar-refractivity contribution < 1.29 is 9.47 Å². The minimum atomic E-state index is -0.749. The van der Waals surface area contributed by atoms with Crippen LogP contribution in [0.5, 0.6) is 0 Å². The molecule has 4 heteroatoms. The Kier molecular flexibility index (Phi) is 2.95. The molecule has 1 aromatic carbocycles. The quantitative estimate of drug-likeness (QED) is 0.754. The zero-order chi connectivity index (χ0) is 11.1. The first-order chi connectivity index (χ1) is 7.01. The second-order valence-electron chi connectivity index (χ2n) is 3.81. The summed E-state index contributed by atoms with van der Waals surface area (Å²) in [6.45, 7) is 4.41. The molecule has 1 fully saturated rings. The van der Waals surface area contributed by atoms with Crippen LogP contribution in [0.1, 0.15) is 19.4 Å². The van der Waals surface area contributed by atoms with Crippen LogP contribution >= 0.6 is 23.2 Å². The van der Waals surface area contributed by atoms with Gasteiger partial charge in [0.15, 0.2) is 5.79 Å². The number of hydrogen-bond acceptors (Lipinski definition) is 2. The normalized spacial score (nSPS) is 30.8. The molecule has 0 unspecified atom stereocenters. The maximum absolute atomic E-state index is 6.10. The highest BCUT2D eigenvalue weighted by Gasteiger charge is 2.38. The smallest absolute Gasteiger partial charge is 0.193 e. The maximum atomic E-state index is 6.10. The van der Waals surface area contributed by atoms with Crippen molar-refractivity contribution in [1.82, 2.24) is 0 Å². The molecule has 0 N–H and O–H groups in total. The van der Waals surface area contributed by atoms with Gasteiger partial charge in [-0.1, -0.05) is 29.3 Å². The summed E-state index contributed by atoms with van der Waals surface area (Å²) in [6, 6.07) is 5.31. The third kappa shape index (κ3) is 2.13. The predicted molar refractivity (Wildman–Crippen MR) is 60.3 cm³/mol. The van der Waals surface area contributed by atoms with Crippen LogP contribution in [0.4, 0.5) is 0 Å². The summed E-state index contributed by atoms with van der Waals surface area (Å²) in [6.07, 6.45) is 0.0849. The van der Waals surface area contributed by atoms with Gasteiger partial charge in [-0.2, -0.15) is 0 Å². The summed E-state index contributed by atoms with van der Waals surface area (Å²) < 4.78 is 11.3. The van der Waals surface area contributed by atoms with E-state index in [2.05, 4.69) is 0 Å². The molecule has 1 saturated heterocycles. The van der Waals surface area contributed by atoms with Crippen molar-refractivity contribution in [2.24, 2.45) is 0 Å². The maximum Gasteiger partial charge on any atom is 0.193 e. The Labute approximate surface area is 99.1 Å². The second kappa shape index (κ2) is 3.95. The lowest BCUT2D eigenvalue weighted by Gasteiger charge is -2.24. The largest absolute Gasteiger partial charge is 0.343 e. The van der Waals surface area contributed by atoms with Crippen molar-refractivity contribution in [3.05, 3.63) is 33.8 Å². The summed E-state index contributed by atoms with van der Waals surface area (Å²) in [5.74, 6) is -0.749. The van der Waals surface area contributed by atoms with Crippen LogP contribution in [0.3, 0.4) is 0 Å². The topological polar surface area (TPSA) is 18.5 Å². The van der Waals surface area contributed by atoms with Crippen LogP contribution in [0.2, 0.25) is 10.0 Å². The molecule has 0 bridgehead atoms. The zero-order valence-corrected chi connectivity index (χ0v) is 10.1. The summed E-state index contributed by atoms with van der Waals surface area (Å²) in [5.41, 5.74) is 0.818. The molecule has 2 nitrogen and oxygen atoms in total. The van der Waals surface area contributed by atoms with Crippen molar-refractivity contribution in [3.8, 4) is 0 Å². The molecule has 0 saturated carbocycles. The van der Waals surface area contributed by atoms with Gasteiger partial charge in [0.25, 0.3) is 0 Å². The van der Waals surface area contributed by atoms with E-state index in [1.807, 2.05) is 19.9 Å². The lowest BCUT2D eigenvalue weighted by molar-refractivity contribution is -0.159. The van der Waals surface area contributed by atoms with Crippen LogP contribution in [-0.4, -0.2) is 12.7 Å². The Bertz CT molecular complexity index is 381. The number of benzene rings is 1. The summed E-state index contributed by atoms with van der Waals surface area (Å²) >= 11 is 11.9. The van der Waals surface area contributed by atoms with Crippen molar-refractivity contribution in [1.29, 1.82) is 0 Å². The van der Waals surface area contributed by atoms with Crippen molar-refractivity contribution in [3.63, 3.8) is 0 Å². The van der Waals surface area contributed by atoms with Gasteiger partial charge in [-0.15, -0.1) is 0 Å². The highest BCUT2D eigenvalue weighted by Crippen LogP contribution is 2.38. The molecule has 2 rings (SSSR count). The molecule has 1 aliphatic rings. The van der Waals surface area contributed by atoms with Crippen LogP contribution in [0.25, 0.3) is 0 Å². The average Bonchev–Trinajstić information content (AvgIpc) is 2.46. The molecule has 1 aliphatic heterocycles. The molecular formula is C11H12Cl2O2. The molecular weight excluding hydrogens is 235 g/mol. The number of rotatable bonds is 1. The van der Waals surface area contributed by atoms with Crippen molar-refractivity contribution in [2.75, 3.05) is 6.61 Å². The van der Waals surface area contributed by atoms with E-state index in [9.17, 15) is 0 Å². The van der Waals surface area contributed by atoms with Crippen molar-refractivity contribution in [2.45, 2.75) is 25.7 Å². The molecule has 2 atom stereocenters. The predicted octanol–water partition coefficient (Wildman–Crippen LogP) is 3.60. The Morgan fingerprint density at radius 3 is 2.67 bits per heavy atom. The summed E-state index contributed by atoms with van der Waals surface area (Å²) in [7, 11) is 0. The van der Waals surface area contributed by atoms with Crippen LogP contribution in [-0.2, 0) is 15.3 Å². The summed E-state index contributed by atoms with van der Waals surface area (Å²) in [5, 5.41) is 1.18. The van der Waals surface area contributed by atoms with Gasteiger partial charge in [-0.3, -0.25) is 0 Å². The van der Waals surface area contributed by atoms with Gasteiger partial charge in [0.05, 0.1) is 17.7 Å². The van der Waals surface area contributed by atoms with Gasteiger partial charge in [0, 0.05) is 10.6 Å². The molecule has 1 aromatic rings. The van der Waals surface area contributed by atoms with E-state index in [-0.39, 0.29) is 6.10 Å². The van der Waals surface area contributed by atoms with E-state index >= 15 is 0 Å². The first-order valence-corrected chi connectivity index (χ1v) is 5.54. The van der Waals surface area contributed by atoms with Gasteiger partial charge in [-0.05, 0) is 26.0 Å². The monoisotopic (exact) mass is 246 g/mol. The molecule has 0 radical (unpaired) electrons. The molecule has 82 valence electrons. The Hall–Kier alpha value is -0.280. The highest BCUT2D eigenvalue weighted by molar-refractivity contribution is 6.35. The van der Waals surface area contributed by atoms with E-state index in [0.29, 0.717) is 16.7 Å². The second-order valence-corrected chi connectivity index (χ2v) is 4.65. The van der Waals surface area contributed by atoms with E-state index < -0.39 is 5.79 Å². The molecule has 0 spiro atoms. The Morgan fingerprint density at radius 2 is 2.13 bits per heavy atom. The first kappa shape index (κ1) is 11.2. The fourth-order valence-corrected chi connectivity index (χ4v) is 2.31. The van der Waals surface area contributed by atoms with Crippen LogP contribution < -0.4 is 0 Å². The van der Waals surface area contributed by atoms with Crippen LogP contribution in [0.15, 0.2) is 18.2 Å². The van der Waals surface area contributed by atoms with E-state index in [1.54, 1.807) is 12.1 Å². The lowest BCUT2D eigenvalue weighted by Crippen LogP contribution is -2.23. The molecule has 1 heterocycles. The average molecular weight is 247 g/mol. The van der Waals surface area contributed by atoms with Crippen LogP contribution in [0, 0.1) is 0 Å². The Balaban J connectivity index is 2.37. The lowest BCUT2D eigenvalue weighted by atomic mass is 10.1. The Morgan fingerprint density at radius 1 is 1.40 bits per heavy atom. The van der Waals surface area contributed by atoms with E-state index in [4.69, 9.17) is 32.7 Å². The van der Waals surface area contributed by atoms with E-state index in [0.717, 1.165) is 5.56 Å². The van der Waals surface area contributed by atoms with Gasteiger partial charge in [0.2, 0.25) is 0 Å². The number of halogens is 2. The highest BCUT2D eigenvalue weighted by atomic mass is 35.5. The SMILES string of the molecule is C[C@H]1CO[C@@](C)(c2ccc(Cl)cc2Cl)O1. The zero-order valence-electron chi connectivity index (χ0n) is 8.59. The third-order valence-corrected chi connectivity index (χ3v) is 2.99. The molecule has 0 amide bonds. The van der Waals surface area contributed by atoms with Gasteiger partial charge in [0.1, 0.15) is 0 Å². The van der Waals surface area contributed by atoms with Gasteiger partial charge in [-0.25, -0.2) is 0 Å². The summed E-state index contributed by atoms with van der Waals surface area (Å²) in [4.78, 5) is 0. The van der Waals surface area contributed by atoms with Crippen molar-refractivity contribution >= 4 is 23.2 Å². The molecule has 15 heavy (non-hydrogen) atoms. The number of ether oxygens (including phenoxy) is 2. The fourth-order valence-electron chi connectivity index (χ4n) is 1.73. The minimum absolute atomic E-state index is 0.0849. The fraction of sp³-hybridized carbons (Fsp3) is 0.455. The third-order valence-electron chi connectivity index (χ3n) is 2.44. The molecule has 0 aliphatic carbocycles. The molecule has 0 aromatic heterocycles. The standard InChI is InChI=1S/C11H12Cl2O2/c1-7-6-14-11(2,15-7)9-4-3-8(12)5-10(9)13/h3-5,7H,6H2,1-2H3/t7-,11+/m0/s1. The van der Waals surface area contributed by atoms with Gasteiger partial charge >= 0.3 is 0 Å². The first-order valence-electron chi connectivity index (χ1n) is 4.78. The van der Waals surface area contributed by atoms with Gasteiger partial charge < -0.3 is 9.47 Å². The minimum Gasteiger partial charge on any atom is -0.343 e.